The van der Waals surface area contributed by atoms with Gasteiger partial charge in [-0.05, 0) is 38.2 Å². The zero-order valence-corrected chi connectivity index (χ0v) is 13.8. The summed E-state index contributed by atoms with van der Waals surface area (Å²) in [5.74, 6) is 0.204. The molecule has 2 aliphatic rings. The maximum atomic E-state index is 11.7. The van der Waals surface area contributed by atoms with E-state index in [9.17, 15) is 4.79 Å². The van der Waals surface area contributed by atoms with Gasteiger partial charge in [0, 0.05) is 31.1 Å². The number of nitrogens with zero attached hydrogens (tertiary/aromatic N) is 1. The zero-order valence-electron chi connectivity index (χ0n) is 13.8. The Morgan fingerprint density at radius 2 is 1.82 bits per heavy atom. The highest BCUT2D eigenvalue weighted by atomic mass is 16.1. The van der Waals surface area contributed by atoms with E-state index in [2.05, 4.69) is 41.4 Å². The first-order chi connectivity index (χ1) is 10.7. The molecule has 0 spiro atoms. The van der Waals surface area contributed by atoms with Crippen LogP contribution >= 0.6 is 0 Å². The van der Waals surface area contributed by atoms with E-state index in [1.807, 2.05) is 6.92 Å². The van der Waals surface area contributed by atoms with Crippen LogP contribution in [0.2, 0.25) is 0 Å². The molecular formula is C19H28N2O. The fraction of sp³-hybridized carbons (Fsp3) is 0.632. The summed E-state index contributed by atoms with van der Waals surface area (Å²) >= 11 is 0. The fourth-order valence-electron chi connectivity index (χ4n) is 4.09. The lowest BCUT2D eigenvalue weighted by Crippen LogP contribution is -2.56. The Kier molecular flexibility index (Phi) is 4.82. The molecule has 3 rings (SSSR count). The van der Waals surface area contributed by atoms with E-state index < -0.39 is 0 Å². The largest absolute Gasteiger partial charge is 0.353 e. The number of nitrogens with one attached hydrogen (secondary N) is 1. The van der Waals surface area contributed by atoms with Gasteiger partial charge in [0.1, 0.15) is 0 Å². The molecule has 3 heteroatoms. The molecule has 2 atom stereocenters. The van der Waals surface area contributed by atoms with Crippen molar-refractivity contribution in [3.8, 4) is 0 Å². The number of piperidine rings is 2. The highest BCUT2D eigenvalue weighted by Crippen LogP contribution is 2.35. The zero-order chi connectivity index (χ0) is 15.5. The summed E-state index contributed by atoms with van der Waals surface area (Å²) in [6.45, 7) is 5.13. The summed E-state index contributed by atoms with van der Waals surface area (Å²) in [7, 11) is 0. The van der Waals surface area contributed by atoms with Crippen molar-refractivity contribution in [2.45, 2.75) is 77.0 Å². The second-order valence-corrected chi connectivity index (χ2v) is 6.99. The van der Waals surface area contributed by atoms with Gasteiger partial charge in [0.05, 0.1) is 0 Å². The molecule has 1 aromatic rings. The molecule has 2 aliphatic heterocycles. The van der Waals surface area contributed by atoms with Gasteiger partial charge in [-0.25, -0.2) is 0 Å². The van der Waals surface area contributed by atoms with Crippen molar-refractivity contribution < 1.29 is 4.79 Å². The van der Waals surface area contributed by atoms with Gasteiger partial charge in [-0.1, -0.05) is 43.2 Å². The molecule has 0 unspecified atom stereocenters. The number of carbonyl (C=O) groups excluding carboxylic acids is 1. The van der Waals surface area contributed by atoms with Crippen LogP contribution in [0.4, 0.5) is 0 Å². The van der Waals surface area contributed by atoms with Crippen molar-refractivity contribution in [2.24, 2.45) is 0 Å². The van der Waals surface area contributed by atoms with Crippen molar-refractivity contribution in [2.75, 3.05) is 0 Å². The van der Waals surface area contributed by atoms with Gasteiger partial charge in [0.15, 0.2) is 0 Å². The first-order valence-corrected chi connectivity index (χ1v) is 8.76. The maximum absolute atomic E-state index is 11.7. The van der Waals surface area contributed by atoms with Gasteiger partial charge < -0.3 is 5.32 Å². The van der Waals surface area contributed by atoms with Gasteiger partial charge in [-0.3, -0.25) is 9.69 Å². The predicted molar refractivity (Wildman–Crippen MR) is 89.6 cm³/mol. The average Bonchev–Trinajstić information content (AvgIpc) is 2.50. The molecule has 22 heavy (non-hydrogen) atoms. The van der Waals surface area contributed by atoms with Crippen LogP contribution in [-0.2, 0) is 11.3 Å². The van der Waals surface area contributed by atoms with E-state index in [0.717, 1.165) is 19.4 Å². The Labute approximate surface area is 134 Å². The van der Waals surface area contributed by atoms with Crippen LogP contribution in [0.5, 0.6) is 0 Å². The van der Waals surface area contributed by atoms with E-state index in [1.165, 1.54) is 30.4 Å². The Hall–Kier alpha value is -1.35. The number of benzene rings is 1. The van der Waals surface area contributed by atoms with Crippen molar-refractivity contribution in [3.05, 3.63) is 35.4 Å². The van der Waals surface area contributed by atoms with Gasteiger partial charge in [0.25, 0.3) is 0 Å². The van der Waals surface area contributed by atoms with Crippen molar-refractivity contribution in [1.29, 1.82) is 0 Å². The molecule has 0 aromatic heterocycles. The highest BCUT2D eigenvalue weighted by Gasteiger charge is 2.38. The van der Waals surface area contributed by atoms with E-state index in [1.54, 1.807) is 0 Å². The smallest absolute Gasteiger partial charge is 0.219 e. The molecule has 2 heterocycles. The van der Waals surface area contributed by atoms with Gasteiger partial charge in [-0.2, -0.15) is 0 Å². The average molecular weight is 300 g/mol. The maximum Gasteiger partial charge on any atom is 0.219 e. The number of fused-ring (bicyclic) bond motifs is 2. The molecular weight excluding hydrogens is 272 g/mol. The van der Waals surface area contributed by atoms with Crippen LogP contribution in [0.15, 0.2) is 24.3 Å². The third kappa shape index (κ3) is 3.52. The van der Waals surface area contributed by atoms with Crippen LogP contribution in [0.1, 0.15) is 56.6 Å². The molecule has 1 N–H and O–H groups in total. The first-order valence-electron chi connectivity index (χ1n) is 8.76. The van der Waals surface area contributed by atoms with Gasteiger partial charge >= 0.3 is 0 Å². The van der Waals surface area contributed by atoms with Crippen LogP contribution < -0.4 is 5.32 Å². The number of amides is 1. The Balaban J connectivity index is 1.66. The monoisotopic (exact) mass is 300 g/mol. The van der Waals surface area contributed by atoms with Crippen LogP contribution in [0.25, 0.3) is 0 Å². The van der Waals surface area contributed by atoms with Crippen molar-refractivity contribution >= 4 is 5.91 Å². The first kappa shape index (κ1) is 15.5. The SMILES string of the molecule is CCC(=O)NC1C[C@@H]2CCC[C@@H](C1)N2Cc1ccc(C)cc1. The summed E-state index contributed by atoms with van der Waals surface area (Å²) in [4.78, 5) is 14.4. The van der Waals surface area contributed by atoms with E-state index in [4.69, 9.17) is 0 Å². The van der Waals surface area contributed by atoms with Crippen LogP contribution in [0.3, 0.4) is 0 Å². The molecule has 0 aliphatic carbocycles. The quantitative estimate of drug-likeness (QED) is 0.924. The number of carbonyl (C=O) groups is 1. The molecule has 1 aromatic carbocycles. The molecule has 2 saturated heterocycles. The Morgan fingerprint density at radius 3 is 2.41 bits per heavy atom. The summed E-state index contributed by atoms with van der Waals surface area (Å²) in [6, 6.07) is 10.6. The minimum Gasteiger partial charge on any atom is -0.353 e. The molecule has 1 amide bonds. The number of rotatable bonds is 4. The minimum atomic E-state index is 0.204. The van der Waals surface area contributed by atoms with E-state index in [0.29, 0.717) is 24.5 Å². The number of hydrogen-bond acceptors (Lipinski definition) is 2. The summed E-state index contributed by atoms with van der Waals surface area (Å²) in [5.41, 5.74) is 2.74. The molecule has 2 bridgehead atoms. The molecule has 2 fully saturated rings. The van der Waals surface area contributed by atoms with Gasteiger partial charge in [0.2, 0.25) is 5.91 Å². The van der Waals surface area contributed by atoms with E-state index >= 15 is 0 Å². The number of hydrogen-bond donors (Lipinski definition) is 1. The van der Waals surface area contributed by atoms with Crippen molar-refractivity contribution in [3.63, 3.8) is 0 Å². The minimum absolute atomic E-state index is 0.204. The molecule has 120 valence electrons. The fourth-order valence-corrected chi connectivity index (χ4v) is 4.09. The van der Waals surface area contributed by atoms with Crippen LogP contribution in [-0.4, -0.2) is 28.9 Å². The summed E-state index contributed by atoms with van der Waals surface area (Å²) in [5, 5.41) is 3.22. The normalized spacial score (nSPS) is 28.4. The Morgan fingerprint density at radius 1 is 1.18 bits per heavy atom. The number of aryl methyl sites for hydroxylation is 1. The summed E-state index contributed by atoms with van der Waals surface area (Å²) < 4.78 is 0. The topological polar surface area (TPSA) is 32.3 Å². The summed E-state index contributed by atoms with van der Waals surface area (Å²) in [6.07, 6.45) is 6.73. The third-order valence-corrected chi connectivity index (χ3v) is 5.30. The van der Waals surface area contributed by atoms with Crippen LogP contribution in [0, 0.1) is 6.92 Å². The highest BCUT2D eigenvalue weighted by molar-refractivity contribution is 5.75. The van der Waals surface area contributed by atoms with E-state index in [-0.39, 0.29) is 5.91 Å². The Bertz CT molecular complexity index is 497. The lowest BCUT2D eigenvalue weighted by Gasteiger charge is -2.49. The second kappa shape index (κ2) is 6.82. The molecule has 0 radical (unpaired) electrons. The standard InChI is InChI=1S/C19H28N2O/c1-3-19(22)20-16-11-17-5-4-6-18(12-16)21(17)13-15-9-7-14(2)8-10-15/h7-10,16-18H,3-6,11-13H2,1-2H3,(H,20,22)/t17-,18-/m0/s1. The lowest BCUT2D eigenvalue weighted by molar-refractivity contribution is -0.122. The predicted octanol–water partition coefficient (Wildman–Crippen LogP) is 3.41. The van der Waals surface area contributed by atoms with Crippen molar-refractivity contribution in [1.82, 2.24) is 10.2 Å². The lowest BCUT2D eigenvalue weighted by atomic mass is 9.81. The van der Waals surface area contributed by atoms with Gasteiger partial charge in [-0.15, -0.1) is 0 Å². The second-order valence-electron chi connectivity index (χ2n) is 6.99. The molecule has 0 saturated carbocycles. The molecule has 3 nitrogen and oxygen atoms in total. The third-order valence-electron chi connectivity index (χ3n) is 5.30.